The van der Waals surface area contributed by atoms with Crippen LogP contribution in [-0.4, -0.2) is 20.9 Å². The first-order valence-corrected chi connectivity index (χ1v) is 14.4. The Balaban J connectivity index is 1.50. The van der Waals surface area contributed by atoms with E-state index in [0.29, 0.717) is 33.2 Å². The first-order valence-electron chi connectivity index (χ1n) is 12.9. The molecule has 5 nitrogen and oxygen atoms in total. The van der Waals surface area contributed by atoms with E-state index in [1.165, 1.54) is 0 Å². The summed E-state index contributed by atoms with van der Waals surface area (Å²) in [7, 11) is 0. The van der Waals surface area contributed by atoms with Gasteiger partial charge in [-0.05, 0) is 56.2 Å². The Morgan fingerprint density at radius 3 is 2.27 bits per heavy atom. The smallest absolute Gasteiger partial charge is 0.265 e. The van der Waals surface area contributed by atoms with Gasteiger partial charge in [0.2, 0.25) is 6.33 Å². The molecule has 0 spiro atoms. The van der Waals surface area contributed by atoms with Gasteiger partial charge >= 0.3 is 0 Å². The fourth-order valence-electron chi connectivity index (χ4n) is 4.37. The second kappa shape index (κ2) is 13.4. The number of nitrogens with zero attached hydrogens (tertiary/aromatic N) is 3. The lowest BCUT2D eigenvalue weighted by Crippen LogP contribution is -2.50. The van der Waals surface area contributed by atoms with Crippen LogP contribution in [0, 0.1) is 0 Å². The Morgan fingerprint density at radius 2 is 1.62 bits per heavy atom. The molecule has 210 valence electrons. The molecule has 4 rings (SSSR count). The predicted molar refractivity (Wildman–Crippen MR) is 162 cm³/mol. The standard InChI is InChI=1S/C31H32Cl4N3O2/c1-31(2,3)38(17-22-7-5-4-6-8-22)30(39)19-37-14-13-36(21-37)18-29(26-12-11-25(33)16-28(26)35)40-20-23-9-10-24(32)15-27(23)34/h4-16,21,29H,17-20H2,1-3H3/q+1. The lowest BCUT2D eigenvalue weighted by molar-refractivity contribution is -0.684. The zero-order valence-corrected chi connectivity index (χ0v) is 25.7. The van der Waals surface area contributed by atoms with E-state index in [1.807, 2.05) is 75.2 Å². The van der Waals surface area contributed by atoms with Crippen LogP contribution < -0.4 is 4.57 Å². The first-order chi connectivity index (χ1) is 19.0. The van der Waals surface area contributed by atoms with Crippen LogP contribution in [0.1, 0.15) is 43.6 Å². The molecule has 0 aliphatic rings. The number of ether oxygens (including phenoxy) is 1. The Kier molecular flexibility index (Phi) is 10.2. The number of carbonyl (C=O) groups excluding carboxylic acids is 1. The highest BCUT2D eigenvalue weighted by Crippen LogP contribution is 2.31. The van der Waals surface area contributed by atoms with Crippen LogP contribution >= 0.6 is 46.4 Å². The largest absolute Gasteiger partial charge is 0.365 e. The van der Waals surface area contributed by atoms with Crippen molar-refractivity contribution >= 4 is 52.3 Å². The van der Waals surface area contributed by atoms with E-state index < -0.39 is 6.10 Å². The van der Waals surface area contributed by atoms with Crippen LogP contribution in [0.3, 0.4) is 0 Å². The molecule has 1 aromatic heterocycles. The van der Waals surface area contributed by atoms with Crippen LogP contribution in [0.4, 0.5) is 0 Å². The van der Waals surface area contributed by atoms with Crippen molar-refractivity contribution in [1.82, 2.24) is 9.47 Å². The third kappa shape index (κ3) is 8.25. The maximum atomic E-state index is 13.4. The summed E-state index contributed by atoms with van der Waals surface area (Å²) in [6.07, 6.45) is 5.30. The number of halogens is 4. The fraction of sp³-hybridized carbons (Fsp3) is 0.290. The number of hydrogen-bond acceptors (Lipinski definition) is 2. The lowest BCUT2D eigenvalue weighted by atomic mass is 10.0. The van der Waals surface area contributed by atoms with Crippen LogP contribution in [0.15, 0.2) is 85.5 Å². The summed E-state index contributed by atoms with van der Waals surface area (Å²) >= 11 is 25.2. The highest BCUT2D eigenvalue weighted by atomic mass is 35.5. The fourth-order valence-corrected chi connectivity index (χ4v) is 5.36. The summed E-state index contributed by atoms with van der Waals surface area (Å²) in [5.41, 5.74) is 2.38. The number of carbonyl (C=O) groups is 1. The Hall–Kier alpha value is -2.54. The molecule has 0 saturated heterocycles. The van der Waals surface area contributed by atoms with Gasteiger partial charge in [-0.3, -0.25) is 4.79 Å². The van der Waals surface area contributed by atoms with Crippen molar-refractivity contribution < 1.29 is 14.1 Å². The topological polar surface area (TPSA) is 38.4 Å². The SMILES string of the molecule is CC(C)(C)N(Cc1ccccc1)C(=O)C[n+]1ccn(CC(OCc2ccc(Cl)cc2Cl)c2ccc(Cl)cc2Cl)c1. The summed E-state index contributed by atoms with van der Waals surface area (Å²) in [6, 6.07) is 20.7. The minimum Gasteiger partial charge on any atom is -0.365 e. The van der Waals surface area contributed by atoms with Gasteiger partial charge in [-0.1, -0.05) is 88.9 Å². The minimum atomic E-state index is -0.405. The molecule has 3 aromatic carbocycles. The molecule has 0 saturated carbocycles. The summed E-state index contributed by atoms with van der Waals surface area (Å²) in [5, 5.41) is 2.15. The summed E-state index contributed by atoms with van der Waals surface area (Å²) in [6.45, 7) is 7.63. The summed E-state index contributed by atoms with van der Waals surface area (Å²) in [4.78, 5) is 15.3. The molecule has 40 heavy (non-hydrogen) atoms. The van der Waals surface area contributed by atoms with Gasteiger partial charge in [-0.25, -0.2) is 9.13 Å². The number of benzene rings is 3. The van der Waals surface area contributed by atoms with Crippen molar-refractivity contribution in [3.63, 3.8) is 0 Å². The number of aromatic nitrogens is 2. The second-order valence-electron chi connectivity index (χ2n) is 10.6. The molecular formula is C31H32Cl4N3O2+. The quantitative estimate of drug-likeness (QED) is 0.168. The molecule has 0 fully saturated rings. The van der Waals surface area contributed by atoms with Crippen molar-refractivity contribution in [3.05, 3.63) is 122 Å². The van der Waals surface area contributed by atoms with Crippen molar-refractivity contribution in [2.24, 2.45) is 0 Å². The van der Waals surface area contributed by atoms with E-state index in [1.54, 1.807) is 24.3 Å². The number of imidazole rings is 1. The first kappa shape index (κ1) is 30.4. The maximum Gasteiger partial charge on any atom is 0.265 e. The van der Waals surface area contributed by atoms with Gasteiger partial charge in [-0.2, -0.15) is 0 Å². The van der Waals surface area contributed by atoms with Gasteiger partial charge in [0.1, 0.15) is 25.0 Å². The monoisotopic (exact) mass is 618 g/mol. The summed E-state index contributed by atoms with van der Waals surface area (Å²) in [5.74, 6) is 0.0324. The van der Waals surface area contributed by atoms with Gasteiger partial charge in [0.05, 0.1) is 6.61 Å². The van der Waals surface area contributed by atoms with Crippen molar-refractivity contribution in [1.29, 1.82) is 0 Å². The average molecular weight is 620 g/mol. The molecule has 0 aliphatic carbocycles. The Labute approximate surface area is 255 Å². The average Bonchev–Trinajstić information content (AvgIpc) is 3.32. The third-order valence-corrected chi connectivity index (χ3v) is 7.65. The second-order valence-corrected chi connectivity index (χ2v) is 12.3. The van der Waals surface area contributed by atoms with Crippen molar-refractivity contribution in [2.45, 2.75) is 58.7 Å². The molecular weight excluding hydrogens is 588 g/mol. The van der Waals surface area contributed by atoms with Gasteiger partial charge < -0.3 is 9.64 Å². The van der Waals surface area contributed by atoms with Gasteiger partial charge in [0, 0.05) is 37.7 Å². The zero-order valence-electron chi connectivity index (χ0n) is 22.7. The highest BCUT2D eigenvalue weighted by Gasteiger charge is 2.28. The molecule has 0 N–H and O–H groups in total. The normalized spacial score (nSPS) is 12.4. The van der Waals surface area contributed by atoms with E-state index in [4.69, 9.17) is 51.1 Å². The van der Waals surface area contributed by atoms with Crippen LogP contribution in [0.5, 0.6) is 0 Å². The Morgan fingerprint density at radius 1 is 0.950 bits per heavy atom. The molecule has 0 radical (unpaired) electrons. The minimum absolute atomic E-state index is 0.0324. The van der Waals surface area contributed by atoms with E-state index in [0.717, 1.165) is 16.7 Å². The van der Waals surface area contributed by atoms with E-state index in [-0.39, 0.29) is 24.6 Å². The molecule has 9 heteroatoms. The van der Waals surface area contributed by atoms with Gasteiger partial charge in [-0.15, -0.1) is 0 Å². The van der Waals surface area contributed by atoms with E-state index >= 15 is 0 Å². The van der Waals surface area contributed by atoms with E-state index in [9.17, 15) is 4.79 Å². The predicted octanol–water partition coefficient (Wildman–Crippen LogP) is 8.17. The molecule has 1 atom stereocenters. The third-order valence-electron chi connectivity index (χ3n) is 6.50. The van der Waals surface area contributed by atoms with Crippen LogP contribution in [0.25, 0.3) is 0 Å². The van der Waals surface area contributed by atoms with Gasteiger partial charge in [0.25, 0.3) is 5.91 Å². The molecule has 1 unspecified atom stereocenters. The molecule has 0 bridgehead atoms. The zero-order chi connectivity index (χ0) is 28.9. The summed E-state index contributed by atoms with van der Waals surface area (Å²) < 4.78 is 10.2. The van der Waals surface area contributed by atoms with Crippen molar-refractivity contribution in [2.75, 3.05) is 0 Å². The molecule has 0 aliphatic heterocycles. The number of amides is 1. The Bertz CT molecular complexity index is 1450. The van der Waals surface area contributed by atoms with Crippen LogP contribution in [0.2, 0.25) is 20.1 Å². The van der Waals surface area contributed by atoms with E-state index in [2.05, 4.69) is 20.8 Å². The molecule has 1 heterocycles. The highest BCUT2D eigenvalue weighted by molar-refractivity contribution is 6.35. The van der Waals surface area contributed by atoms with Crippen LogP contribution in [-0.2, 0) is 35.8 Å². The number of hydrogen-bond donors (Lipinski definition) is 0. The molecule has 1 amide bonds. The lowest BCUT2D eigenvalue weighted by Gasteiger charge is -2.35. The van der Waals surface area contributed by atoms with Gasteiger partial charge in [0.15, 0.2) is 6.54 Å². The maximum absolute atomic E-state index is 13.4. The molecule has 4 aromatic rings. The number of rotatable bonds is 10. The van der Waals surface area contributed by atoms with Crippen molar-refractivity contribution in [3.8, 4) is 0 Å².